The third kappa shape index (κ3) is 2.23. The van der Waals surface area contributed by atoms with Gasteiger partial charge in [-0.3, -0.25) is 4.79 Å². The Morgan fingerprint density at radius 1 is 1.37 bits per heavy atom. The van der Waals surface area contributed by atoms with Crippen LogP contribution in [-0.2, 0) is 0 Å². The van der Waals surface area contributed by atoms with Gasteiger partial charge >= 0.3 is 0 Å². The van der Waals surface area contributed by atoms with Crippen molar-refractivity contribution in [2.45, 2.75) is 19.8 Å². The Morgan fingerprint density at radius 2 is 2.16 bits per heavy atom. The minimum absolute atomic E-state index is 0.0659. The second kappa shape index (κ2) is 4.50. The maximum Gasteiger partial charge on any atom is 0.253 e. The third-order valence-electron chi connectivity index (χ3n) is 3.33. The molecule has 1 fully saturated rings. The summed E-state index contributed by atoms with van der Waals surface area (Å²) in [6.07, 6.45) is 0. The first-order valence-corrected chi connectivity index (χ1v) is 6.29. The van der Waals surface area contributed by atoms with Gasteiger partial charge in [0.1, 0.15) is 0 Å². The summed E-state index contributed by atoms with van der Waals surface area (Å²) in [5.41, 5.74) is 1.83. The van der Waals surface area contributed by atoms with Crippen molar-refractivity contribution in [3.63, 3.8) is 0 Å². The van der Waals surface area contributed by atoms with Crippen LogP contribution in [-0.4, -0.2) is 34.0 Å². The fourth-order valence-corrected chi connectivity index (χ4v) is 2.24. The molecule has 1 aliphatic heterocycles. The summed E-state index contributed by atoms with van der Waals surface area (Å²) in [5.74, 6) is 1.51. The Hall–Kier alpha value is -2.17. The molecule has 1 aromatic carbocycles. The van der Waals surface area contributed by atoms with E-state index in [9.17, 15) is 4.79 Å². The van der Waals surface area contributed by atoms with Crippen molar-refractivity contribution in [2.75, 3.05) is 13.1 Å². The predicted molar refractivity (Wildman–Crippen MR) is 68.9 cm³/mol. The predicted octanol–water partition coefficient (Wildman–Crippen LogP) is 1.93. The number of benzene rings is 1. The van der Waals surface area contributed by atoms with Crippen LogP contribution in [0.5, 0.6) is 0 Å². The number of aryl methyl sites for hydroxylation is 2. The highest BCUT2D eigenvalue weighted by Crippen LogP contribution is 2.27. The summed E-state index contributed by atoms with van der Waals surface area (Å²) < 4.78 is 5.12. The van der Waals surface area contributed by atoms with Crippen LogP contribution in [0, 0.1) is 13.8 Å². The molecule has 0 saturated carbocycles. The number of carbonyl (C=O) groups is 1. The Kier molecular flexibility index (Phi) is 2.81. The molecule has 1 aliphatic rings. The summed E-state index contributed by atoms with van der Waals surface area (Å²) in [6, 6.07) is 7.64. The molecule has 2 heterocycles. The van der Waals surface area contributed by atoms with Crippen molar-refractivity contribution < 1.29 is 9.32 Å². The molecule has 0 N–H and O–H groups in total. The number of aromatic nitrogens is 2. The minimum atomic E-state index is 0.0659. The molecule has 1 amide bonds. The Balaban J connectivity index is 1.66. The Bertz CT molecular complexity index is 615. The molecule has 2 aromatic rings. The molecular formula is C14H15N3O2. The van der Waals surface area contributed by atoms with E-state index in [4.69, 9.17) is 4.52 Å². The van der Waals surface area contributed by atoms with E-state index >= 15 is 0 Å². The van der Waals surface area contributed by atoms with E-state index in [1.807, 2.05) is 31.2 Å². The van der Waals surface area contributed by atoms with Crippen LogP contribution in [0.4, 0.5) is 0 Å². The molecule has 0 aliphatic carbocycles. The molecule has 19 heavy (non-hydrogen) atoms. The first-order chi connectivity index (χ1) is 9.13. The summed E-state index contributed by atoms with van der Waals surface area (Å²) in [4.78, 5) is 18.2. The standard InChI is InChI=1S/C14H15N3O2/c1-9-4-3-5-11(6-9)14(18)17-7-12(8-17)13-15-10(2)16-19-13/h3-6,12H,7-8H2,1-2H3. The Morgan fingerprint density at radius 3 is 2.79 bits per heavy atom. The summed E-state index contributed by atoms with van der Waals surface area (Å²) >= 11 is 0. The number of hydrogen-bond donors (Lipinski definition) is 0. The van der Waals surface area contributed by atoms with Crippen molar-refractivity contribution in [2.24, 2.45) is 0 Å². The fourth-order valence-electron chi connectivity index (χ4n) is 2.24. The van der Waals surface area contributed by atoms with Gasteiger partial charge < -0.3 is 9.42 Å². The molecule has 1 saturated heterocycles. The maximum atomic E-state index is 12.2. The molecule has 0 spiro atoms. The average Bonchev–Trinajstić information content (AvgIpc) is 2.73. The molecule has 3 rings (SSSR count). The van der Waals surface area contributed by atoms with E-state index in [1.54, 1.807) is 11.8 Å². The summed E-state index contributed by atoms with van der Waals surface area (Å²) in [6.45, 7) is 5.07. The van der Waals surface area contributed by atoms with Gasteiger partial charge in [-0.05, 0) is 26.0 Å². The molecule has 98 valence electrons. The van der Waals surface area contributed by atoms with Crippen molar-refractivity contribution in [1.82, 2.24) is 15.0 Å². The molecule has 0 radical (unpaired) electrons. The average molecular weight is 257 g/mol. The molecule has 0 unspecified atom stereocenters. The normalized spacial score (nSPS) is 15.4. The summed E-state index contributed by atoms with van der Waals surface area (Å²) in [7, 11) is 0. The van der Waals surface area contributed by atoms with Crippen LogP contribution in [0.3, 0.4) is 0 Å². The van der Waals surface area contributed by atoms with Gasteiger partial charge in [0, 0.05) is 18.7 Å². The SMILES string of the molecule is Cc1cccc(C(=O)N2CC(c3nc(C)no3)C2)c1. The highest BCUT2D eigenvalue weighted by atomic mass is 16.5. The van der Waals surface area contributed by atoms with Crippen molar-refractivity contribution in [3.05, 3.63) is 47.1 Å². The lowest BCUT2D eigenvalue weighted by molar-refractivity contribution is 0.0569. The van der Waals surface area contributed by atoms with Gasteiger partial charge in [-0.25, -0.2) is 0 Å². The van der Waals surface area contributed by atoms with Gasteiger partial charge in [-0.15, -0.1) is 0 Å². The number of likely N-dealkylation sites (tertiary alicyclic amines) is 1. The lowest BCUT2D eigenvalue weighted by Gasteiger charge is -2.37. The van der Waals surface area contributed by atoms with Gasteiger partial charge in [0.05, 0.1) is 5.92 Å². The number of nitrogens with zero attached hydrogens (tertiary/aromatic N) is 3. The number of carbonyl (C=O) groups excluding carboxylic acids is 1. The number of rotatable bonds is 2. The van der Waals surface area contributed by atoms with E-state index in [-0.39, 0.29) is 11.8 Å². The second-order valence-electron chi connectivity index (χ2n) is 4.96. The largest absolute Gasteiger partial charge is 0.339 e. The molecule has 0 bridgehead atoms. The molecule has 1 aromatic heterocycles. The zero-order chi connectivity index (χ0) is 13.4. The zero-order valence-electron chi connectivity index (χ0n) is 11.0. The van der Waals surface area contributed by atoms with Gasteiger partial charge in [0.25, 0.3) is 5.91 Å². The smallest absolute Gasteiger partial charge is 0.253 e. The van der Waals surface area contributed by atoms with E-state index in [0.29, 0.717) is 24.8 Å². The number of amides is 1. The van der Waals surface area contributed by atoms with Crippen molar-refractivity contribution in [3.8, 4) is 0 Å². The molecular weight excluding hydrogens is 242 g/mol. The van der Waals surface area contributed by atoms with E-state index in [1.165, 1.54) is 0 Å². The molecule has 5 heteroatoms. The lowest BCUT2D eigenvalue weighted by Crippen LogP contribution is -2.48. The first-order valence-electron chi connectivity index (χ1n) is 6.29. The monoisotopic (exact) mass is 257 g/mol. The lowest BCUT2D eigenvalue weighted by atomic mass is 9.98. The summed E-state index contributed by atoms with van der Waals surface area (Å²) in [5, 5.41) is 3.77. The van der Waals surface area contributed by atoms with Crippen LogP contribution in [0.2, 0.25) is 0 Å². The highest BCUT2D eigenvalue weighted by molar-refractivity contribution is 5.95. The highest BCUT2D eigenvalue weighted by Gasteiger charge is 2.35. The number of hydrogen-bond acceptors (Lipinski definition) is 4. The quantitative estimate of drug-likeness (QED) is 0.824. The second-order valence-corrected chi connectivity index (χ2v) is 4.96. The van der Waals surface area contributed by atoms with Crippen LogP contribution >= 0.6 is 0 Å². The Labute approximate surface area is 111 Å². The van der Waals surface area contributed by atoms with Gasteiger partial charge in [-0.1, -0.05) is 22.9 Å². The maximum absolute atomic E-state index is 12.2. The molecule has 5 nitrogen and oxygen atoms in total. The third-order valence-corrected chi connectivity index (χ3v) is 3.33. The molecule has 0 atom stereocenters. The van der Waals surface area contributed by atoms with E-state index < -0.39 is 0 Å². The zero-order valence-corrected chi connectivity index (χ0v) is 11.0. The van der Waals surface area contributed by atoms with E-state index in [2.05, 4.69) is 10.1 Å². The van der Waals surface area contributed by atoms with Crippen molar-refractivity contribution >= 4 is 5.91 Å². The van der Waals surface area contributed by atoms with Gasteiger partial charge in [0.15, 0.2) is 5.82 Å². The van der Waals surface area contributed by atoms with Gasteiger partial charge in [0.2, 0.25) is 5.89 Å². The van der Waals surface area contributed by atoms with E-state index in [0.717, 1.165) is 11.1 Å². The van der Waals surface area contributed by atoms with Crippen LogP contribution < -0.4 is 0 Å². The van der Waals surface area contributed by atoms with Crippen molar-refractivity contribution in [1.29, 1.82) is 0 Å². The van der Waals surface area contributed by atoms with Crippen LogP contribution in [0.15, 0.2) is 28.8 Å². The topological polar surface area (TPSA) is 59.2 Å². The fraction of sp³-hybridized carbons (Fsp3) is 0.357. The van der Waals surface area contributed by atoms with Crippen LogP contribution in [0.1, 0.15) is 33.6 Å². The van der Waals surface area contributed by atoms with Gasteiger partial charge in [-0.2, -0.15) is 4.98 Å². The first kappa shape index (κ1) is 11.9. The minimum Gasteiger partial charge on any atom is -0.339 e. The van der Waals surface area contributed by atoms with Crippen LogP contribution in [0.25, 0.3) is 0 Å².